The van der Waals surface area contributed by atoms with Crippen LogP contribution in [0.1, 0.15) is 39.0 Å². The second-order valence-electron chi connectivity index (χ2n) is 6.60. The predicted molar refractivity (Wildman–Crippen MR) is 80.7 cm³/mol. The summed E-state index contributed by atoms with van der Waals surface area (Å²) in [5.41, 5.74) is 2.51. The molecular formula is C15H28N4O. The minimum Gasteiger partial charge on any atom is -0.373 e. The van der Waals surface area contributed by atoms with Gasteiger partial charge in [0.25, 0.3) is 0 Å². The zero-order chi connectivity index (χ0) is 14.8. The number of H-pyrrole nitrogens is 1. The fourth-order valence-electron chi connectivity index (χ4n) is 2.84. The third-order valence-electron chi connectivity index (χ3n) is 4.08. The second-order valence-corrected chi connectivity index (χ2v) is 6.60. The molecule has 20 heavy (non-hydrogen) atoms. The Balaban J connectivity index is 1.85. The first-order valence-corrected chi connectivity index (χ1v) is 7.48. The van der Waals surface area contributed by atoms with Crippen molar-refractivity contribution in [3.05, 3.63) is 17.5 Å². The summed E-state index contributed by atoms with van der Waals surface area (Å²) in [6, 6.07) is 0. The summed E-state index contributed by atoms with van der Waals surface area (Å²) in [4.78, 5) is 2.53. The average Bonchev–Trinajstić information content (AvgIpc) is 2.74. The quantitative estimate of drug-likeness (QED) is 0.862. The molecule has 2 unspecified atom stereocenters. The van der Waals surface area contributed by atoms with Crippen molar-refractivity contribution in [3.63, 3.8) is 0 Å². The van der Waals surface area contributed by atoms with E-state index in [0.717, 1.165) is 31.9 Å². The molecule has 0 aromatic carbocycles. The van der Waals surface area contributed by atoms with Gasteiger partial charge in [0.15, 0.2) is 0 Å². The van der Waals surface area contributed by atoms with Crippen molar-refractivity contribution < 1.29 is 4.74 Å². The molecule has 2 atom stereocenters. The number of morpholine rings is 1. The Morgan fingerprint density at radius 2 is 2.05 bits per heavy atom. The van der Waals surface area contributed by atoms with Crippen LogP contribution in [0.15, 0.2) is 6.20 Å². The number of aromatic amines is 1. The standard InChI is InChI=1S/C15H28N4O/c1-11-8-19(9-12(2)20-11)15(4,5)10-16-6-14-7-17-18-13(14)3/h7,11-12,16H,6,8-10H2,1-5H3,(H,17,18). The van der Waals surface area contributed by atoms with Crippen molar-refractivity contribution in [1.82, 2.24) is 20.4 Å². The van der Waals surface area contributed by atoms with Gasteiger partial charge in [0, 0.05) is 43.0 Å². The predicted octanol–water partition coefficient (Wildman–Crippen LogP) is 1.70. The number of rotatable bonds is 5. The summed E-state index contributed by atoms with van der Waals surface area (Å²) in [7, 11) is 0. The molecule has 0 aliphatic carbocycles. The maximum Gasteiger partial charge on any atom is 0.0678 e. The highest BCUT2D eigenvalue weighted by Crippen LogP contribution is 2.20. The second kappa shape index (κ2) is 6.24. The van der Waals surface area contributed by atoms with E-state index in [0.29, 0.717) is 12.2 Å². The lowest BCUT2D eigenvalue weighted by atomic mass is 10.00. The summed E-state index contributed by atoms with van der Waals surface area (Å²) in [6.45, 7) is 14.8. The molecule has 0 radical (unpaired) electrons. The van der Waals surface area contributed by atoms with Gasteiger partial charge in [-0.3, -0.25) is 10.00 Å². The third-order valence-corrected chi connectivity index (χ3v) is 4.08. The first-order chi connectivity index (χ1) is 9.38. The summed E-state index contributed by atoms with van der Waals surface area (Å²) in [5, 5.41) is 10.6. The van der Waals surface area contributed by atoms with Gasteiger partial charge in [0.2, 0.25) is 0 Å². The molecule has 0 bridgehead atoms. The minimum absolute atomic E-state index is 0.129. The number of ether oxygens (including phenoxy) is 1. The van der Waals surface area contributed by atoms with Crippen molar-refractivity contribution in [3.8, 4) is 0 Å². The summed E-state index contributed by atoms with van der Waals surface area (Å²) < 4.78 is 5.82. The maximum atomic E-state index is 5.82. The van der Waals surface area contributed by atoms with Crippen LogP contribution in [0.4, 0.5) is 0 Å². The molecule has 1 aromatic rings. The Morgan fingerprint density at radius 3 is 2.60 bits per heavy atom. The molecule has 5 heteroatoms. The van der Waals surface area contributed by atoms with Gasteiger partial charge in [-0.05, 0) is 34.6 Å². The normalized spacial score (nSPS) is 25.1. The van der Waals surface area contributed by atoms with Crippen molar-refractivity contribution in [2.75, 3.05) is 19.6 Å². The lowest BCUT2D eigenvalue weighted by Gasteiger charge is -2.45. The highest BCUT2D eigenvalue weighted by Gasteiger charge is 2.32. The Hall–Kier alpha value is -0.910. The Morgan fingerprint density at radius 1 is 1.40 bits per heavy atom. The third kappa shape index (κ3) is 3.81. The van der Waals surface area contributed by atoms with Crippen LogP contribution in [-0.4, -0.2) is 52.5 Å². The number of hydrogen-bond acceptors (Lipinski definition) is 4. The largest absolute Gasteiger partial charge is 0.373 e. The number of nitrogens with zero attached hydrogens (tertiary/aromatic N) is 2. The SMILES string of the molecule is Cc1[nH]ncc1CNCC(C)(C)N1CC(C)OC(C)C1. The molecular weight excluding hydrogens is 252 g/mol. The monoisotopic (exact) mass is 280 g/mol. The van der Waals surface area contributed by atoms with Crippen LogP contribution in [0.5, 0.6) is 0 Å². The zero-order valence-corrected chi connectivity index (χ0v) is 13.4. The van der Waals surface area contributed by atoms with E-state index in [2.05, 4.69) is 55.0 Å². The fourth-order valence-corrected chi connectivity index (χ4v) is 2.84. The van der Waals surface area contributed by atoms with Crippen LogP contribution in [0.3, 0.4) is 0 Å². The van der Waals surface area contributed by atoms with Crippen molar-refractivity contribution >= 4 is 0 Å². The van der Waals surface area contributed by atoms with E-state index in [9.17, 15) is 0 Å². The van der Waals surface area contributed by atoms with E-state index >= 15 is 0 Å². The van der Waals surface area contributed by atoms with Gasteiger partial charge in [-0.1, -0.05) is 0 Å². The van der Waals surface area contributed by atoms with Crippen LogP contribution < -0.4 is 5.32 Å². The lowest BCUT2D eigenvalue weighted by Crippen LogP contribution is -2.58. The van der Waals surface area contributed by atoms with E-state index in [4.69, 9.17) is 4.74 Å². The molecule has 2 N–H and O–H groups in total. The van der Waals surface area contributed by atoms with Crippen LogP contribution in [0, 0.1) is 6.92 Å². The lowest BCUT2D eigenvalue weighted by molar-refractivity contribution is -0.0952. The van der Waals surface area contributed by atoms with E-state index in [1.807, 2.05) is 6.20 Å². The molecule has 0 amide bonds. The highest BCUT2D eigenvalue weighted by molar-refractivity contribution is 5.13. The summed E-state index contributed by atoms with van der Waals surface area (Å²) >= 11 is 0. The van der Waals surface area contributed by atoms with E-state index < -0.39 is 0 Å². The Kier molecular flexibility index (Phi) is 4.83. The molecule has 1 aliphatic heterocycles. The molecule has 2 heterocycles. The fraction of sp³-hybridized carbons (Fsp3) is 0.800. The number of aromatic nitrogens is 2. The average molecular weight is 280 g/mol. The number of nitrogens with one attached hydrogen (secondary N) is 2. The van der Waals surface area contributed by atoms with Crippen molar-refractivity contribution in [1.29, 1.82) is 0 Å². The zero-order valence-electron chi connectivity index (χ0n) is 13.4. The number of hydrogen-bond donors (Lipinski definition) is 2. The van der Waals surface area contributed by atoms with E-state index in [1.165, 1.54) is 5.56 Å². The Bertz CT molecular complexity index is 419. The van der Waals surface area contributed by atoms with Gasteiger partial charge in [0.05, 0.1) is 18.4 Å². The van der Waals surface area contributed by atoms with Gasteiger partial charge in [-0.2, -0.15) is 5.10 Å². The van der Waals surface area contributed by atoms with Crippen LogP contribution in [0.25, 0.3) is 0 Å². The van der Waals surface area contributed by atoms with Crippen molar-refractivity contribution in [2.24, 2.45) is 0 Å². The molecule has 0 saturated carbocycles. The molecule has 1 saturated heterocycles. The van der Waals surface area contributed by atoms with Gasteiger partial charge in [0.1, 0.15) is 0 Å². The molecule has 114 valence electrons. The minimum atomic E-state index is 0.129. The van der Waals surface area contributed by atoms with Crippen LogP contribution in [0.2, 0.25) is 0 Å². The highest BCUT2D eigenvalue weighted by atomic mass is 16.5. The van der Waals surface area contributed by atoms with Gasteiger partial charge in [-0.15, -0.1) is 0 Å². The van der Waals surface area contributed by atoms with E-state index in [1.54, 1.807) is 0 Å². The molecule has 1 fully saturated rings. The van der Waals surface area contributed by atoms with Gasteiger partial charge in [-0.25, -0.2) is 0 Å². The van der Waals surface area contributed by atoms with Gasteiger partial charge < -0.3 is 10.1 Å². The molecule has 1 aromatic heterocycles. The summed E-state index contributed by atoms with van der Waals surface area (Å²) in [5.74, 6) is 0. The first kappa shape index (κ1) is 15.5. The van der Waals surface area contributed by atoms with Crippen LogP contribution in [-0.2, 0) is 11.3 Å². The van der Waals surface area contributed by atoms with Gasteiger partial charge >= 0.3 is 0 Å². The molecule has 2 rings (SSSR count). The Labute approximate surface area is 122 Å². The van der Waals surface area contributed by atoms with Crippen molar-refractivity contribution in [2.45, 2.75) is 58.9 Å². The molecule has 0 spiro atoms. The molecule has 5 nitrogen and oxygen atoms in total. The first-order valence-electron chi connectivity index (χ1n) is 7.48. The molecule has 1 aliphatic rings. The van der Waals surface area contributed by atoms with E-state index in [-0.39, 0.29) is 5.54 Å². The smallest absolute Gasteiger partial charge is 0.0678 e. The number of aryl methyl sites for hydroxylation is 1. The maximum absolute atomic E-state index is 5.82. The summed E-state index contributed by atoms with van der Waals surface area (Å²) in [6.07, 6.45) is 2.53. The van der Waals surface area contributed by atoms with Crippen LogP contribution >= 0.6 is 0 Å². The topological polar surface area (TPSA) is 53.2 Å².